The van der Waals surface area contributed by atoms with E-state index < -0.39 is 5.25 Å². The number of anilines is 1. The molecule has 0 aliphatic carbocycles. The number of thioether (sulfide) groups is 1. The summed E-state index contributed by atoms with van der Waals surface area (Å²) in [4.78, 5) is 28.2. The maximum Gasteiger partial charge on any atom is 0.240 e. The van der Waals surface area contributed by atoms with Crippen molar-refractivity contribution in [3.8, 4) is 0 Å². The van der Waals surface area contributed by atoms with Gasteiger partial charge in [0.2, 0.25) is 11.8 Å². The van der Waals surface area contributed by atoms with E-state index >= 15 is 0 Å². The second-order valence-electron chi connectivity index (χ2n) is 5.09. The molecule has 1 aliphatic rings. The van der Waals surface area contributed by atoms with Crippen molar-refractivity contribution in [2.24, 2.45) is 4.99 Å². The summed E-state index contributed by atoms with van der Waals surface area (Å²) in [5.74, 6) is -0.928. The van der Waals surface area contributed by atoms with Gasteiger partial charge >= 0.3 is 0 Å². The van der Waals surface area contributed by atoms with Crippen LogP contribution in [0.15, 0.2) is 29.3 Å². The van der Waals surface area contributed by atoms with Crippen LogP contribution in [0.1, 0.15) is 13.3 Å². The van der Waals surface area contributed by atoms with Gasteiger partial charge in [-0.15, -0.1) is 0 Å². The fraction of sp³-hybridized carbons (Fsp3) is 0.400. The van der Waals surface area contributed by atoms with E-state index in [4.69, 9.17) is 4.74 Å². The molecule has 0 radical (unpaired) electrons. The highest BCUT2D eigenvalue weighted by Gasteiger charge is 2.32. The van der Waals surface area contributed by atoms with Crippen LogP contribution in [0.2, 0.25) is 0 Å². The Morgan fingerprint density at radius 2 is 2.17 bits per heavy atom. The number of aliphatic imine (C=N–C) groups is 1. The van der Waals surface area contributed by atoms with Gasteiger partial charge in [0.15, 0.2) is 5.17 Å². The van der Waals surface area contributed by atoms with Crippen LogP contribution >= 0.6 is 11.8 Å². The molecule has 2 rings (SSSR count). The Kier molecular flexibility index (Phi) is 6.12. The lowest BCUT2D eigenvalue weighted by molar-refractivity contribution is -0.122. The van der Waals surface area contributed by atoms with Crippen molar-refractivity contribution in [2.45, 2.75) is 24.6 Å². The lowest BCUT2D eigenvalue weighted by atomic mass is 10.2. The molecule has 8 heteroatoms. The molecule has 2 atom stereocenters. The first-order chi connectivity index (χ1) is 11.0. The number of amidine groups is 1. The second-order valence-corrected chi connectivity index (χ2v) is 6.28. The smallest absolute Gasteiger partial charge is 0.240 e. The predicted octanol–water partition coefficient (Wildman–Crippen LogP) is 1.78. The molecular weight excluding hydrogens is 321 g/mol. The van der Waals surface area contributed by atoms with Gasteiger partial charge in [0, 0.05) is 19.2 Å². The number of ether oxygens (including phenoxy) is 1. The number of rotatable bonds is 6. The number of nitrogens with zero attached hydrogens (tertiary/aromatic N) is 1. The lowest BCUT2D eigenvalue weighted by Gasteiger charge is -2.07. The number of hydrogen-bond acceptors (Lipinski definition) is 5. The summed E-state index contributed by atoms with van der Waals surface area (Å²) >= 11 is 1.23. The molecule has 1 aromatic rings. The highest BCUT2D eigenvalue weighted by molar-refractivity contribution is 8.15. The number of benzene rings is 1. The Bertz CT molecular complexity index is 606. The number of carbonyl (C=O) groups excluding carboxylic acids is 2. The van der Waals surface area contributed by atoms with Crippen LogP contribution in [0.4, 0.5) is 10.1 Å². The van der Waals surface area contributed by atoms with Crippen LogP contribution in [-0.2, 0) is 14.3 Å². The first-order valence-corrected chi connectivity index (χ1v) is 7.95. The zero-order valence-corrected chi connectivity index (χ0v) is 13.7. The van der Waals surface area contributed by atoms with Gasteiger partial charge in [-0.25, -0.2) is 4.39 Å². The van der Waals surface area contributed by atoms with E-state index in [1.165, 1.54) is 36.0 Å². The third-order valence-electron chi connectivity index (χ3n) is 3.02. The molecule has 23 heavy (non-hydrogen) atoms. The number of carbonyl (C=O) groups is 2. The first kappa shape index (κ1) is 17.4. The number of hydrogen-bond donors (Lipinski definition) is 2. The number of methoxy groups -OCH3 is 1. The molecule has 1 fully saturated rings. The van der Waals surface area contributed by atoms with Gasteiger partial charge in [-0.3, -0.25) is 14.6 Å². The van der Waals surface area contributed by atoms with Crippen molar-refractivity contribution in [1.29, 1.82) is 0 Å². The van der Waals surface area contributed by atoms with Gasteiger partial charge in [-0.1, -0.05) is 11.8 Å². The lowest BCUT2D eigenvalue weighted by Crippen LogP contribution is -2.28. The molecule has 1 saturated heterocycles. The maximum atomic E-state index is 12.8. The summed E-state index contributed by atoms with van der Waals surface area (Å²) < 4.78 is 17.8. The molecule has 0 unspecified atom stereocenters. The Labute approximate surface area is 137 Å². The average Bonchev–Trinajstić information content (AvgIpc) is 2.81. The third-order valence-corrected chi connectivity index (χ3v) is 4.12. The van der Waals surface area contributed by atoms with Crippen molar-refractivity contribution in [3.63, 3.8) is 0 Å². The van der Waals surface area contributed by atoms with Crippen LogP contribution in [0.3, 0.4) is 0 Å². The molecule has 1 heterocycles. The molecule has 0 bridgehead atoms. The van der Waals surface area contributed by atoms with Crippen LogP contribution < -0.4 is 10.6 Å². The molecule has 1 aliphatic heterocycles. The molecular formula is C15H18FN3O3S. The Balaban J connectivity index is 1.88. The Morgan fingerprint density at radius 1 is 1.48 bits per heavy atom. The van der Waals surface area contributed by atoms with E-state index in [2.05, 4.69) is 15.6 Å². The second kappa shape index (κ2) is 8.07. The molecule has 0 aromatic heterocycles. The summed E-state index contributed by atoms with van der Waals surface area (Å²) in [6.45, 7) is 2.33. The van der Waals surface area contributed by atoms with Crippen molar-refractivity contribution < 1.29 is 18.7 Å². The van der Waals surface area contributed by atoms with Crippen LogP contribution in [0, 0.1) is 5.82 Å². The SMILES string of the molecule is COC[C@H](C)N=C1NC(=O)[C@@H](CC(=O)Nc2ccc(F)cc2)S1. The van der Waals surface area contributed by atoms with Crippen molar-refractivity contribution >= 4 is 34.4 Å². The number of nitrogens with one attached hydrogen (secondary N) is 2. The van der Waals surface area contributed by atoms with Crippen molar-refractivity contribution in [2.75, 3.05) is 19.0 Å². The van der Waals surface area contributed by atoms with Crippen LogP contribution in [-0.4, -0.2) is 42.0 Å². The fourth-order valence-corrected chi connectivity index (χ4v) is 3.06. The molecule has 2 amide bonds. The number of amides is 2. The summed E-state index contributed by atoms with van der Waals surface area (Å²) in [5.41, 5.74) is 0.488. The van der Waals surface area contributed by atoms with Crippen LogP contribution in [0.25, 0.3) is 0 Å². The minimum Gasteiger partial charge on any atom is -0.382 e. The van der Waals surface area contributed by atoms with Gasteiger partial charge in [0.1, 0.15) is 11.1 Å². The molecule has 6 nitrogen and oxygen atoms in total. The minimum absolute atomic E-state index is 0.0194. The standard InChI is InChI=1S/C15H18FN3O3S/c1-9(8-22-2)17-15-19-14(21)12(23-15)7-13(20)18-11-5-3-10(16)4-6-11/h3-6,9,12H,7-8H2,1-2H3,(H,18,20)(H,17,19,21)/t9-,12+/m0/s1. The predicted molar refractivity (Wildman–Crippen MR) is 87.9 cm³/mol. The van der Waals surface area contributed by atoms with Crippen molar-refractivity contribution in [3.05, 3.63) is 30.1 Å². The zero-order valence-electron chi connectivity index (χ0n) is 12.8. The Morgan fingerprint density at radius 3 is 2.83 bits per heavy atom. The fourth-order valence-electron chi connectivity index (χ4n) is 1.99. The number of halogens is 1. The topological polar surface area (TPSA) is 79.8 Å². The monoisotopic (exact) mass is 339 g/mol. The van der Waals surface area contributed by atoms with E-state index in [0.717, 1.165) is 0 Å². The van der Waals surface area contributed by atoms with E-state index in [-0.39, 0.29) is 30.1 Å². The van der Waals surface area contributed by atoms with Gasteiger partial charge < -0.3 is 15.4 Å². The minimum atomic E-state index is -0.524. The highest BCUT2D eigenvalue weighted by Crippen LogP contribution is 2.23. The molecule has 0 spiro atoms. The largest absolute Gasteiger partial charge is 0.382 e. The average molecular weight is 339 g/mol. The summed E-state index contributed by atoms with van der Waals surface area (Å²) in [5, 5.41) is 5.27. The molecule has 124 valence electrons. The summed E-state index contributed by atoms with van der Waals surface area (Å²) in [7, 11) is 1.58. The summed E-state index contributed by atoms with van der Waals surface area (Å²) in [6.07, 6.45) is 0.0194. The van der Waals surface area contributed by atoms with Gasteiger partial charge in [-0.05, 0) is 31.2 Å². The molecule has 0 saturated carbocycles. The molecule has 2 N–H and O–H groups in total. The van der Waals surface area contributed by atoms with E-state index in [1.54, 1.807) is 7.11 Å². The summed E-state index contributed by atoms with van der Waals surface area (Å²) in [6, 6.07) is 5.38. The third kappa shape index (κ3) is 5.33. The normalized spacial score (nSPS) is 20.4. The first-order valence-electron chi connectivity index (χ1n) is 7.07. The molecule has 1 aromatic carbocycles. The maximum absolute atomic E-state index is 12.8. The van der Waals surface area contributed by atoms with Crippen molar-refractivity contribution in [1.82, 2.24) is 5.32 Å². The highest BCUT2D eigenvalue weighted by atomic mass is 32.2. The van der Waals surface area contributed by atoms with E-state index in [0.29, 0.717) is 17.5 Å². The van der Waals surface area contributed by atoms with E-state index in [1.807, 2.05) is 6.92 Å². The quantitative estimate of drug-likeness (QED) is 0.828. The van der Waals surface area contributed by atoms with Gasteiger partial charge in [-0.2, -0.15) is 0 Å². The van der Waals surface area contributed by atoms with Gasteiger partial charge in [0.25, 0.3) is 0 Å². The Hall–Kier alpha value is -1.93. The van der Waals surface area contributed by atoms with Gasteiger partial charge in [0.05, 0.1) is 12.6 Å². The zero-order chi connectivity index (χ0) is 16.8. The van der Waals surface area contributed by atoms with Crippen LogP contribution in [0.5, 0.6) is 0 Å². The van der Waals surface area contributed by atoms with E-state index in [9.17, 15) is 14.0 Å².